The average Bonchev–Trinajstić information content (AvgIpc) is 2.28. The minimum Gasteiger partial charge on any atom is -0.469 e. The van der Waals surface area contributed by atoms with Crippen molar-refractivity contribution in [2.75, 3.05) is 7.11 Å². The van der Waals surface area contributed by atoms with Gasteiger partial charge in [0, 0.05) is 5.39 Å². The Morgan fingerprint density at radius 3 is 2.94 bits per heavy atom. The van der Waals surface area contributed by atoms with Crippen LogP contribution in [0.4, 0.5) is 0 Å². The van der Waals surface area contributed by atoms with E-state index in [1.165, 1.54) is 7.11 Å². The zero-order chi connectivity index (χ0) is 11.5. The quantitative estimate of drug-likeness (QED) is 0.591. The van der Waals surface area contributed by atoms with E-state index in [9.17, 15) is 4.79 Å². The molecule has 0 aliphatic carbocycles. The summed E-state index contributed by atoms with van der Waals surface area (Å²) in [5.74, 6) is -0.286. The molecule has 3 nitrogen and oxygen atoms in total. The lowest BCUT2D eigenvalue weighted by atomic mass is 10.1. The maximum atomic E-state index is 11.2. The van der Waals surface area contributed by atoms with Crippen molar-refractivity contribution >= 4 is 29.2 Å². The van der Waals surface area contributed by atoms with Crippen LogP contribution in [-0.2, 0) is 16.0 Å². The summed E-state index contributed by atoms with van der Waals surface area (Å²) in [6.45, 7) is 0. The van der Waals surface area contributed by atoms with Crippen molar-refractivity contribution in [2.45, 2.75) is 6.42 Å². The zero-order valence-corrected chi connectivity index (χ0v) is 9.54. The topological polar surface area (TPSA) is 39.4 Å². The van der Waals surface area contributed by atoms with E-state index in [0.717, 1.165) is 10.9 Å². The van der Waals surface area contributed by atoms with Crippen molar-refractivity contribution in [2.24, 2.45) is 0 Å². The molecular weight excluding hydrogens is 224 g/mol. The Balaban J connectivity index is 2.59. The molecule has 0 spiro atoms. The smallest absolute Gasteiger partial charge is 0.310 e. The summed E-state index contributed by atoms with van der Waals surface area (Å²) >= 11 is 5.00. The van der Waals surface area contributed by atoms with E-state index in [4.69, 9.17) is 16.6 Å². The third-order valence-corrected chi connectivity index (χ3v) is 2.50. The third kappa shape index (κ3) is 2.12. The number of rotatable bonds is 2. The molecule has 0 amide bonds. The van der Waals surface area contributed by atoms with Gasteiger partial charge in [-0.3, -0.25) is 4.79 Å². The molecule has 1 aromatic carbocycles. The van der Waals surface area contributed by atoms with Crippen molar-refractivity contribution in [1.82, 2.24) is 0 Å². The molecule has 1 heterocycles. The predicted molar refractivity (Wildman–Crippen MR) is 62.8 cm³/mol. The van der Waals surface area contributed by atoms with Gasteiger partial charge in [0.15, 0.2) is 4.71 Å². The first-order valence-electron chi connectivity index (χ1n) is 4.79. The molecule has 2 rings (SSSR count). The highest BCUT2D eigenvalue weighted by atomic mass is 32.1. The third-order valence-electron chi connectivity index (χ3n) is 2.30. The lowest BCUT2D eigenvalue weighted by molar-refractivity contribution is -0.139. The lowest BCUT2D eigenvalue weighted by Crippen LogP contribution is -2.04. The number of para-hydroxylation sites is 1. The van der Waals surface area contributed by atoms with Crippen LogP contribution >= 0.6 is 12.2 Å². The largest absolute Gasteiger partial charge is 0.469 e. The van der Waals surface area contributed by atoms with Gasteiger partial charge in [-0.15, -0.1) is 0 Å². The number of esters is 1. The van der Waals surface area contributed by atoms with E-state index in [0.29, 0.717) is 10.3 Å². The Hall–Kier alpha value is -1.68. The van der Waals surface area contributed by atoms with Crippen LogP contribution in [0.25, 0.3) is 11.0 Å². The summed E-state index contributed by atoms with van der Waals surface area (Å²) in [7, 11) is 1.37. The molecule has 0 saturated heterocycles. The predicted octanol–water partition coefficient (Wildman–Crippen LogP) is 2.88. The van der Waals surface area contributed by atoms with E-state index in [2.05, 4.69) is 4.74 Å². The number of hydrogen-bond acceptors (Lipinski definition) is 4. The summed E-state index contributed by atoms with van der Waals surface area (Å²) in [6, 6.07) is 9.16. The molecule has 0 saturated carbocycles. The first kappa shape index (κ1) is 10.8. The fourth-order valence-electron chi connectivity index (χ4n) is 1.55. The van der Waals surface area contributed by atoms with Gasteiger partial charge in [0.2, 0.25) is 0 Å². The number of fused-ring (bicyclic) bond motifs is 1. The number of hydrogen-bond donors (Lipinski definition) is 0. The molecule has 4 heteroatoms. The second kappa shape index (κ2) is 4.45. The molecule has 82 valence electrons. The first-order valence-corrected chi connectivity index (χ1v) is 5.20. The monoisotopic (exact) mass is 234 g/mol. The normalized spacial score (nSPS) is 10.3. The second-order valence-corrected chi connectivity index (χ2v) is 3.74. The number of benzene rings is 1. The van der Waals surface area contributed by atoms with Crippen molar-refractivity contribution in [3.05, 3.63) is 40.6 Å². The number of carbonyl (C=O) groups excluding carboxylic acids is 1. The summed E-state index contributed by atoms with van der Waals surface area (Å²) in [5.41, 5.74) is 1.52. The first-order chi connectivity index (χ1) is 7.70. The van der Waals surface area contributed by atoms with Crippen LogP contribution in [0.15, 0.2) is 34.7 Å². The highest BCUT2D eigenvalue weighted by Crippen LogP contribution is 2.20. The number of methoxy groups -OCH3 is 1. The minimum atomic E-state index is -0.286. The Morgan fingerprint density at radius 2 is 2.19 bits per heavy atom. The molecule has 0 N–H and O–H groups in total. The van der Waals surface area contributed by atoms with Gasteiger partial charge < -0.3 is 9.15 Å². The summed E-state index contributed by atoms with van der Waals surface area (Å²) in [4.78, 5) is 11.2. The van der Waals surface area contributed by atoms with E-state index in [1.54, 1.807) is 6.07 Å². The van der Waals surface area contributed by atoms with Crippen molar-refractivity contribution in [3.8, 4) is 0 Å². The fraction of sp³-hybridized carbons (Fsp3) is 0.167. The molecule has 0 unspecified atom stereocenters. The van der Waals surface area contributed by atoms with Crippen molar-refractivity contribution in [1.29, 1.82) is 0 Å². The molecular formula is C12H10O3S. The van der Waals surface area contributed by atoms with Crippen LogP contribution in [0.3, 0.4) is 0 Å². The SMILES string of the molecule is COC(=O)Cc1cc(=S)oc2ccccc12. The number of carbonyl (C=O) groups is 1. The van der Waals surface area contributed by atoms with E-state index < -0.39 is 0 Å². The molecule has 0 aliphatic rings. The van der Waals surface area contributed by atoms with Crippen LogP contribution in [0.2, 0.25) is 0 Å². The summed E-state index contributed by atoms with van der Waals surface area (Å²) in [5, 5.41) is 0.890. The maximum absolute atomic E-state index is 11.2. The molecule has 0 bridgehead atoms. The van der Waals surface area contributed by atoms with Crippen LogP contribution in [0.1, 0.15) is 5.56 Å². The Labute approximate surface area is 97.6 Å². The summed E-state index contributed by atoms with van der Waals surface area (Å²) in [6.07, 6.45) is 0.205. The standard InChI is InChI=1S/C12H10O3S/c1-14-11(13)6-8-7-12(16)15-10-5-3-2-4-9(8)10/h2-5,7H,6H2,1H3. The van der Waals surface area contributed by atoms with Gasteiger partial charge in [-0.1, -0.05) is 18.2 Å². The van der Waals surface area contributed by atoms with Gasteiger partial charge in [-0.25, -0.2) is 0 Å². The van der Waals surface area contributed by atoms with E-state index in [-0.39, 0.29) is 12.4 Å². The molecule has 0 atom stereocenters. The average molecular weight is 234 g/mol. The van der Waals surface area contributed by atoms with Crippen molar-refractivity contribution in [3.63, 3.8) is 0 Å². The van der Waals surface area contributed by atoms with Gasteiger partial charge in [0.25, 0.3) is 0 Å². The maximum Gasteiger partial charge on any atom is 0.310 e. The Bertz CT molecular complexity index is 586. The van der Waals surface area contributed by atoms with Crippen LogP contribution in [0.5, 0.6) is 0 Å². The van der Waals surface area contributed by atoms with Gasteiger partial charge in [-0.05, 0) is 29.9 Å². The minimum absolute atomic E-state index is 0.205. The van der Waals surface area contributed by atoms with Gasteiger partial charge in [0.05, 0.1) is 13.5 Å². The molecule has 2 aromatic rings. The molecule has 0 radical (unpaired) electrons. The zero-order valence-electron chi connectivity index (χ0n) is 8.73. The molecule has 16 heavy (non-hydrogen) atoms. The van der Waals surface area contributed by atoms with Gasteiger partial charge in [0.1, 0.15) is 5.58 Å². The van der Waals surface area contributed by atoms with Crippen molar-refractivity contribution < 1.29 is 13.9 Å². The van der Waals surface area contributed by atoms with E-state index in [1.807, 2.05) is 24.3 Å². The molecule has 1 aromatic heterocycles. The van der Waals surface area contributed by atoms with Gasteiger partial charge >= 0.3 is 5.97 Å². The lowest BCUT2D eigenvalue weighted by Gasteiger charge is -2.04. The second-order valence-electron chi connectivity index (χ2n) is 3.34. The Morgan fingerprint density at radius 1 is 1.44 bits per heavy atom. The summed E-state index contributed by atoms with van der Waals surface area (Å²) < 4.78 is 10.4. The van der Waals surface area contributed by atoms with Gasteiger partial charge in [-0.2, -0.15) is 0 Å². The van der Waals surface area contributed by atoms with Crippen LogP contribution < -0.4 is 0 Å². The number of ether oxygens (including phenoxy) is 1. The highest BCUT2D eigenvalue weighted by molar-refractivity contribution is 7.71. The van der Waals surface area contributed by atoms with Crippen LogP contribution in [0, 0.1) is 4.71 Å². The molecule has 0 aliphatic heterocycles. The van der Waals surface area contributed by atoms with Crippen LogP contribution in [-0.4, -0.2) is 13.1 Å². The highest BCUT2D eigenvalue weighted by Gasteiger charge is 2.08. The molecule has 0 fully saturated rings. The Kier molecular flexibility index (Phi) is 3.01. The fourth-order valence-corrected chi connectivity index (χ4v) is 1.78. The van der Waals surface area contributed by atoms with E-state index >= 15 is 0 Å².